The lowest BCUT2D eigenvalue weighted by Crippen LogP contribution is -2.52. The maximum atomic E-state index is 13.9. The Kier molecular flexibility index (Phi) is 9.62. The van der Waals surface area contributed by atoms with Gasteiger partial charge in [0.2, 0.25) is 5.82 Å². The minimum absolute atomic E-state index is 0.104. The normalized spacial score (nSPS) is 12.5. The molecule has 202 valence electrons. The van der Waals surface area contributed by atoms with Gasteiger partial charge in [0.1, 0.15) is 23.6 Å². The van der Waals surface area contributed by atoms with Crippen molar-refractivity contribution in [1.82, 2.24) is 10.3 Å². The second-order valence-corrected chi connectivity index (χ2v) is 9.55. The van der Waals surface area contributed by atoms with Gasteiger partial charge >= 0.3 is 6.09 Å². The smallest absolute Gasteiger partial charge is 0.413 e. The quantitative estimate of drug-likeness (QED) is 0.452. The lowest BCUT2D eigenvalue weighted by molar-refractivity contribution is -0.142. The van der Waals surface area contributed by atoms with Crippen LogP contribution in [0.3, 0.4) is 0 Å². The van der Waals surface area contributed by atoms with Crippen LogP contribution >= 0.6 is 0 Å². The van der Waals surface area contributed by atoms with Crippen LogP contribution < -0.4 is 15.4 Å². The Morgan fingerprint density at radius 2 is 1.68 bits per heavy atom. The van der Waals surface area contributed by atoms with E-state index in [2.05, 4.69) is 15.6 Å². The molecule has 9 nitrogen and oxygen atoms in total. The number of hydrogen-bond donors (Lipinski definition) is 2. The van der Waals surface area contributed by atoms with Crippen LogP contribution in [-0.2, 0) is 25.5 Å². The summed E-state index contributed by atoms with van der Waals surface area (Å²) >= 11 is 0. The van der Waals surface area contributed by atoms with E-state index >= 15 is 0 Å². The molecule has 0 aliphatic rings. The van der Waals surface area contributed by atoms with Gasteiger partial charge in [-0.25, -0.2) is 18.6 Å². The predicted molar refractivity (Wildman–Crippen MR) is 128 cm³/mol. The molecule has 0 bridgehead atoms. The summed E-state index contributed by atoms with van der Waals surface area (Å²) in [5.74, 6) is -6.46. The van der Waals surface area contributed by atoms with Crippen LogP contribution in [-0.4, -0.2) is 53.7 Å². The van der Waals surface area contributed by atoms with Gasteiger partial charge in [-0.3, -0.25) is 14.9 Å². The molecule has 0 saturated heterocycles. The Balaban J connectivity index is 2.24. The lowest BCUT2D eigenvalue weighted by Gasteiger charge is -2.26. The zero-order chi connectivity index (χ0) is 28.0. The van der Waals surface area contributed by atoms with Crippen LogP contribution in [0.15, 0.2) is 30.5 Å². The number of Topliss-reactive ketones (excluding diaryl/α,β-unsaturated/α-hetero) is 1. The van der Waals surface area contributed by atoms with E-state index in [1.165, 1.54) is 33.2 Å². The highest BCUT2D eigenvalue weighted by Crippen LogP contribution is 2.24. The Bertz CT molecular complexity index is 1150. The molecule has 2 amide bonds. The van der Waals surface area contributed by atoms with Crippen LogP contribution in [0.4, 0.5) is 23.8 Å². The number of pyridine rings is 1. The zero-order valence-corrected chi connectivity index (χ0v) is 21.4. The number of carbonyl (C=O) groups excluding carboxylic acids is 3. The number of ether oxygens (including phenoxy) is 3. The molecule has 1 aromatic carbocycles. The molecule has 0 saturated carbocycles. The molecular formula is C25H30F3N3O6. The maximum Gasteiger partial charge on any atom is 0.413 e. The zero-order valence-electron chi connectivity index (χ0n) is 21.4. The number of halogens is 3. The van der Waals surface area contributed by atoms with E-state index in [0.29, 0.717) is 17.7 Å². The van der Waals surface area contributed by atoms with Crippen LogP contribution in [0.25, 0.3) is 0 Å². The number of amides is 2. The fraction of sp³-hybridized carbons (Fsp3) is 0.440. The molecule has 0 aliphatic carbocycles. The Labute approximate surface area is 212 Å². The maximum absolute atomic E-state index is 13.9. The third-order valence-corrected chi connectivity index (χ3v) is 5.01. The number of methoxy groups -OCH3 is 1. The van der Waals surface area contributed by atoms with Gasteiger partial charge in [-0.1, -0.05) is 0 Å². The van der Waals surface area contributed by atoms with Gasteiger partial charge in [-0.2, -0.15) is 4.39 Å². The summed E-state index contributed by atoms with van der Waals surface area (Å²) in [7, 11) is 1.31. The summed E-state index contributed by atoms with van der Waals surface area (Å²) in [4.78, 5) is 41.7. The molecule has 12 heteroatoms. The van der Waals surface area contributed by atoms with Crippen molar-refractivity contribution in [3.8, 4) is 5.75 Å². The van der Waals surface area contributed by atoms with Crippen molar-refractivity contribution >= 4 is 23.6 Å². The molecule has 1 aromatic heterocycles. The van der Waals surface area contributed by atoms with Gasteiger partial charge in [0, 0.05) is 19.7 Å². The third kappa shape index (κ3) is 8.74. The summed E-state index contributed by atoms with van der Waals surface area (Å²) < 4.78 is 56.6. The molecule has 0 fully saturated rings. The molecular weight excluding hydrogens is 495 g/mol. The molecule has 1 atom stereocenters. The monoisotopic (exact) mass is 525 g/mol. The van der Waals surface area contributed by atoms with E-state index in [1.807, 2.05) is 0 Å². The highest BCUT2D eigenvalue weighted by Gasteiger charge is 2.32. The molecule has 2 N–H and O–H groups in total. The van der Waals surface area contributed by atoms with E-state index in [9.17, 15) is 27.6 Å². The minimum atomic E-state index is -1.58. The standard InChI is InChI=1S/C25H30F3N3O6/c1-24(2,3)37-23(34)31-19-12-14(9-10-29-19)11-17(30-22(33)25(4,5)35-6)18(32)13-36-21-16(27)8-7-15(26)20(21)28/h7-10,12,17H,11,13H2,1-6H3,(H,30,33)(H,29,31,34). The van der Waals surface area contributed by atoms with E-state index in [4.69, 9.17) is 14.2 Å². The molecule has 2 aromatic rings. The van der Waals surface area contributed by atoms with Crippen molar-refractivity contribution in [3.05, 3.63) is 53.5 Å². The first-order chi connectivity index (χ1) is 17.1. The van der Waals surface area contributed by atoms with Gasteiger partial charge < -0.3 is 19.5 Å². The van der Waals surface area contributed by atoms with Gasteiger partial charge in [0.05, 0.1) is 6.04 Å². The third-order valence-electron chi connectivity index (χ3n) is 5.01. The molecule has 0 spiro atoms. The Morgan fingerprint density at radius 3 is 2.30 bits per heavy atom. The summed E-state index contributed by atoms with van der Waals surface area (Å²) in [6.45, 7) is 7.17. The largest absolute Gasteiger partial charge is 0.480 e. The van der Waals surface area contributed by atoms with E-state index < -0.39 is 64.8 Å². The van der Waals surface area contributed by atoms with E-state index in [0.717, 1.165) is 0 Å². The van der Waals surface area contributed by atoms with E-state index in [1.54, 1.807) is 26.8 Å². The van der Waals surface area contributed by atoms with Crippen LogP contribution in [0.1, 0.15) is 40.2 Å². The summed E-state index contributed by atoms with van der Waals surface area (Å²) in [6.07, 6.45) is 0.527. The second kappa shape index (κ2) is 12.0. The number of carbonyl (C=O) groups is 3. The van der Waals surface area contributed by atoms with E-state index in [-0.39, 0.29) is 12.2 Å². The van der Waals surface area contributed by atoms with Gasteiger partial charge in [-0.15, -0.1) is 0 Å². The topological polar surface area (TPSA) is 116 Å². The Morgan fingerprint density at radius 1 is 1.03 bits per heavy atom. The number of ketones is 1. The number of aromatic nitrogens is 1. The lowest BCUT2D eigenvalue weighted by atomic mass is 10.0. The number of hydrogen-bond acceptors (Lipinski definition) is 7. The van der Waals surface area contributed by atoms with Crippen LogP contribution in [0.2, 0.25) is 0 Å². The van der Waals surface area contributed by atoms with Gasteiger partial charge in [0.25, 0.3) is 5.91 Å². The molecule has 37 heavy (non-hydrogen) atoms. The molecule has 1 heterocycles. The molecule has 0 radical (unpaired) electrons. The minimum Gasteiger partial charge on any atom is -0.480 e. The summed E-state index contributed by atoms with van der Waals surface area (Å²) in [5, 5.41) is 5.01. The first kappa shape index (κ1) is 29.6. The first-order valence-electron chi connectivity index (χ1n) is 11.2. The summed E-state index contributed by atoms with van der Waals surface area (Å²) in [5.41, 5.74) is -1.57. The van der Waals surface area contributed by atoms with Crippen molar-refractivity contribution in [2.45, 2.75) is 58.3 Å². The number of nitrogens with one attached hydrogen (secondary N) is 2. The highest BCUT2D eigenvalue weighted by atomic mass is 19.2. The molecule has 0 aliphatic heterocycles. The van der Waals surface area contributed by atoms with Gasteiger partial charge in [0.15, 0.2) is 23.2 Å². The summed E-state index contributed by atoms with van der Waals surface area (Å²) in [6, 6.07) is 3.01. The first-order valence-corrected chi connectivity index (χ1v) is 11.2. The second-order valence-electron chi connectivity index (χ2n) is 9.55. The van der Waals surface area contributed by atoms with Crippen molar-refractivity contribution in [1.29, 1.82) is 0 Å². The average molecular weight is 526 g/mol. The molecule has 1 unspecified atom stereocenters. The fourth-order valence-corrected chi connectivity index (χ4v) is 2.87. The fourth-order valence-electron chi connectivity index (χ4n) is 2.87. The van der Waals surface area contributed by atoms with Crippen molar-refractivity contribution in [2.75, 3.05) is 19.0 Å². The van der Waals surface area contributed by atoms with Gasteiger partial charge in [-0.05, 0) is 64.4 Å². The average Bonchev–Trinajstić information content (AvgIpc) is 2.79. The van der Waals surface area contributed by atoms with Crippen molar-refractivity contribution < 1.29 is 41.8 Å². The number of benzene rings is 1. The van der Waals surface area contributed by atoms with Crippen LogP contribution in [0.5, 0.6) is 5.75 Å². The molecule has 2 rings (SSSR count). The van der Waals surface area contributed by atoms with Crippen molar-refractivity contribution in [2.24, 2.45) is 0 Å². The predicted octanol–water partition coefficient (Wildman–Crippen LogP) is 3.95. The number of nitrogens with zero attached hydrogens (tertiary/aromatic N) is 1. The number of anilines is 1. The number of rotatable bonds is 10. The highest BCUT2D eigenvalue weighted by molar-refractivity contribution is 5.93. The van der Waals surface area contributed by atoms with Crippen LogP contribution in [0, 0.1) is 17.5 Å². The Hall–Kier alpha value is -3.67. The SMILES string of the molecule is COC(C)(C)C(=O)NC(Cc1ccnc(NC(=O)OC(C)(C)C)c1)C(=O)COc1c(F)ccc(F)c1F. The van der Waals surface area contributed by atoms with Crippen molar-refractivity contribution in [3.63, 3.8) is 0 Å².